The summed E-state index contributed by atoms with van der Waals surface area (Å²) < 4.78 is 1.95. The summed E-state index contributed by atoms with van der Waals surface area (Å²) in [6.45, 7) is 1.54. The van der Waals surface area contributed by atoms with E-state index in [4.69, 9.17) is 5.11 Å². The highest BCUT2D eigenvalue weighted by Gasteiger charge is 2.12. The number of carboxylic acids is 1. The molecule has 6 heteroatoms. The van der Waals surface area contributed by atoms with Gasteiger partial charge in [-0.1, -0.05) is 0 Å². The lowest BCUT2D eigenvalue weighted by atomic mass is 10.2. The molecule has 0 saturated carbocycles. The fourth-order valence-electron chi connectivity index (χ4n) is 2.23. The number of imidazole rings is 1. The predicted molar refractivity (Wildman–Crippen MR) is 75.8 cm³/mol. The Balaban J connectivity index is 2.34. The molecule has 2 aromatic rings. The molecule has 0 amide bonds. The van der Waals surface area contributed by atoms with E-state index in [2.05, 4.69) is 9.88 Å². The number of aliphatic hydroxyl groups is 1. The van der Waals surface area contributed by atoms with Gasteiger partial charge in [-0.05, 0) is 45.3 Å². The smallest absolute Gasteiger partial charge is 0.335 e. The molecular weight excluding hydrogens is 258 g/mol. The van der Waals surface area contributed by atoms with Crippen LogP contribution >= 0.6 is 0 Å². The maximum absolute atomic E-state index is 11.0. The Bertz CT molecular complexity index is 619. The molecule has 0 unspecified atom stereocenters. The van der Waals surface area contributed by atoms with Crippen LogP contribution in [0.3, 0.4) is 0 Å². The summed E-state index contributed by atoms with van der Waals surface area (Å²) in [4.78, 5) is 17.4. The number of nitrogens with zero attached hydrogens (tertiary/aromatic N) is 3. The molecule has 0 aliphatic carbocycles. The molecule has 0 fully saturated rings. The first-order valence-electron chi connectivity index (χ1n) is 6.51. The van der Waals surface area contributed by atoms with Crippen LogP contribution in [0.25, 0.3) is 11.0 Å². The lowest BCUT2D eigenvalue weighted by Gasteiger charge is -2.11. The van der Waals surface area contributed by atoms with Crippen LogP contribution in [0, 0.1) is 0 Å². The van der Waals surface area contributed by atoms with Crippen molar-refractivity contribution in [3.05, 3.63) is 29.6 Å². The minimum absolute atomic E-state index is 0.154. The molecule has 2 N–H and O–H groups in total. The monoisotopic (exact) mass is 277 g/mol. The largest absolute Gasteiger partial charge is 0.478 e. The second-order valence-corrected chi connectivity index (χ2v) is 5.00. The highest BCUT2D eigenvalue weighted by Crippen LogP contribution is 2.19. The second kappa shape index (κ2) is 6.02. The Morgan fingerprint density at radius 3 is 2.75 bits per heavy atom. The number of aromatic carboxylic acids is 1. The summed E-state index contributed by atoms with van der Waals surface area (Å²) >= 11 is 0. The molecule has 0 atom stereocenters. The molecule has 1 aromatic carbocycles. The van der Waals surface area contributed by atoms with Crippen LogP contribution in [-0.2, 0) is 13.2 Å². The Morgan fingerprint density at radius 2 is 2.15 bits per heavy atom. The Morgan fingerprint density at radius 1 is 1.40 bits per heavy atom. The van der Waals surface area contributed by atoms with Gasteiger partial charge in [0.1, 0.15) is 12.4 Å². The van der Waals surface area contributed by atoms with E-state index in [0.29, 0.717) is 11.3 Å². The number of aliphatic hydroxyl groups excluding tert-OH is 1. The molecular formula is C14H19N3O3. The fourth-order valence-corrected chi connectivity index (χ4v) is 2.23. The maximum atomic E-state index is 11.0. The van der Waals surface area contributed by atoms with E-state index in [-0.39, 0.29) is 12.2 Å². The van der Waals surface area contributed by atoms with Gasteiger partial charge in [-0.25, -0.2) is 9.78 Å². The van der Waals surface area contributed by atoms with Crippen molar-refractivity contribution >= 4 is 17.0 Å². The van der Waals surface area contributed by atoms with E-state index in [1.54, 1.807) is 18.2 Å². The van der Waals surface area contributed by atoms with Gasteiger partial charge in [-0.15, -0.1) is 0 Å². The maximum Gasteiger partial charge on any atom is 0.335 e. The van der Waals surface area contributed by atoms with Gasteiger partial charge in [0.05, 0.1) is 16.6 Å². The van der Waals surface area contributed by atoms with E-state index >= 15 is 0 Å². The molecule has 0 bridgehead atoms. The summed E-state index contributed by atoms with van der Waals surface area (Å²) in [5.74, 6) is -0.402. The molecule has 0 radical (unpaired) electrons. The number of hydrogen-bond donors (Lipinski definition) is 2. The number of carbonyl (C=O) groups is 1. The van der Waals surface area contributed by atoms with Gasteiger partial charge in [0.2, 0.25) is 0 Å². The van der Waals surface area contributed by atoms with E-state index in [1.165, 1.54) is 0 Å². The van der Waals surface area contributed by atoms with Gasteiger partial charge >= 0.3 is 5.97 Å². The average Bonchev–Trinajstić information content (AvgIpc) is 2.75. The number of aromatic nitrogens is 2. The Kier molecular flexibility index (Phi) is 4.36. The van der Waals surface area contributed by atoms with Crippen molar-refractivity contribution in [2.24, 2.45) is 0 Å². The number of fused-ring (bicyclic) bond motifs is 1. The summed E-state index contributed by atoms with van der Waals surface area (Å²) in [6.07, 6.45) is 0.937. The minimum atomic E-state index is -0.973. The molecule has 0 saturated heterocycles. The molecule has 20 heavy (non-hydrogen) atoms. The van der Waals surface area contributed by atoms with E-state index in [1.807, 2.05) is 18.7 Å². The van der Waals surface area contributed by atoms with Crippen LogP contribution in [0.2, 0.25) is 0 Å². The van der Waals surface area contributed by atoms with Gasteiger partial charge < -0.3 is 19.7 Å². The van der Waals surface area contributed by atoms with E-state index in [9.17, 15) is 9.90 Å². The number of aryl methyl sites for hydroxylation is 1. The zero-order valence-electron chi connectivity index (χ0n) is 11.7. The average molecular weight is 277 g/mol. The predicted octanol–water partition coefficient (Wildman–Crippen LogP) is 1.18. The lowest BCUT2D eigenvalue weighted by molar-refractivity contribution is 0.0697. The first kappa shape index (κ1) is 14.5. The normalized spacial score (nSPS) is 11.4. The van der Waals surface area contributed by atoms with Gasteiger partial charge in [0.25, 0.3) is 0 Å². The van der Waals surface area contributed by atoms with Crippen LogP contribution in [0.1, 0.15) is 22.6 Å². The van der Waals surface area contributed by atoms with Gasteiger partial charge in [0.15, 0.2) is 0 Å². The van der Waals surface area contributed by atoms with Crippen molar-refractivity contribution in [2.75, 3.05) is 20.6 Å². The molecule has 0 spiro atoms. The molecule has 1 heterocycles. The third-order valence-corrected chi connectivity index (χ3v) is 3.20. The van der Waals surface area contributed by atoms with Crippen molar-refractivity contribution in [1.29, 1.82) is 0 Å². The van der Waals surface area contributed by atoms with E-state index in [0.717, 1.165) is 25.0 Å². The summed E-state index contributed by atoms with van der Waals surface area (Å²) in [6, 6.07) is 4.86. The zero-order chi connectivity index (χ0) is 14.7. The van der Waals surface area contributed by atoms with Crippen LogP contribution < -0.4 is 0 Å². The van der Waals surface area contributed by atoms with E-state index < -0.39 is 5.97 Å². The van der Waals surface area contributed by atoms with Crippen LogP contribution in [0.15, 0.2) is 18.2 Å². The number of rotatable bonds is 6. The van der Waals surface area contributed by atoms with Crippen molar-refractivity contribution in [1.82, 2.24) is 14.5 Å². The van der Waals surface area contributed by atoms with Gasteiger partial charge in [0, 0.05) is 6.54 Å². The Labute approximate surface area is 117 Å². The quantitative estimate of drug-likeness (QED) is 0.829. The first-order chi connectivity index (χ1) is 9.52. The minimum Gasteiger partial charge on any atom is -0.478 e. The molecule has 6 nitrogen and oxygen atoms in total. The summed E-state index contributed by atoms with van der Waals surface area (Å²) in [7, 11) is 4.02. The van der Waals surface area contributed by atoms with Crippen molar-refractivity contribution in [3.8, 4) is 0 Å². The summed E-state index contributed by atoms with van der Waals surface area (Å²) in [5, 5.41) is 18.4. The lowest BCUT2D eigenvalue weighted by Crippen LogP contribution is -2.15. The molecule has 2 rings (SSSR count). The van der Waals surface area contributed by atoms with Crippen LogP contribution in [-0.4, -0.2) is 51.3 Å². The SMILES string of the molecule is CN(C)CCCn1c(CO)nc2cc(C(=O)O)ccc21. The van der Waals surface area contributed by atoms with Crippen molar-refractivity contribution < 1.29 is 15.0 Å². The number of hydrogen-bond acceptors (Lipinski definition) is 4. The molecule has 108 valence electrons. The topological polar surface area (TPSA) is 78.6 Å². The fraction of sp³-hybridized carbons (Fsp3) is 0.429. The standard InChI is InChI=1S/C14H19N3O3/c1-16(2)6-3-7-17-12-5-4-10(14(19)20)8-11(12)15-13(17)9-18/h4-5,8,18H,3,6-7,9H2,1-2H3,(H,19,20). The van der Waals surface area contributed by atoms with Gasteiger partial charge in [-0.3, -0.25) is 0 Å². The summed E-state index contributed by atoms with van der Waals surface area (Å²) in [5.41, 5.74) is 1.68. The van der Waals surface area contributed by atoms with Crippen molar-refractivity contribution in [2.45, 2.75) is 19.6 Å². The van der Waals surface area contributed by atoms with Crippen molar-refractivity contribution in [3.63, 3.8) is 0 Å². The van der Waals surface area contributed by atoms with Gasteiger partial charge in [-0.2, -0.15) is 0 Å². The Hall–Kier alpha value is -1.92. The van der Waals surface area contributed by atoms with Crippen LogP contribution in [0.4, 0.5) is 0 Å². The number of carboxylic acid groups (broad SMARTS) is 1. The molecule has 0 aliphatic heterocycles. The highest BCUT2D eigenvalue weighted by molar-refractivity contribution is 5.92. The second-order valence-electron chi connectivity index (χ2n) is 5.00. The molecule has 0 aliphatic rings. The highest BCUT2D eigenvalue weighted by atomic mass is 16.4. The third-order valence-electron chi connectivity index (χ3n) is 3.20. The number of benzene rings is 1. The zero-order valence-corrected chi connectivity index (χ0v) is 11.7. The third kappa shape index (κ3) is 2.97. The first-order valence-corrected chi connectivity index (χ1v) is 6.51. The van der Waals surface area contributed by atoms with Crippen LogP contribution in [0.5, 0.6) is 0 Å². The molecule has 1 aromatic heterocycles.